The van der Waals surface area contributed by atoms with Gasteiger partial charge in [0.15, 0.2) is 0 Å². The average Bonchev–Trinajstić information content (AvgIpc) is 2.47. The van der Waals surface area contributed by atoms with Gasteiger partial charge in [-0.05, 0) is 26.0 Å². The second kappa shape index (κ2) is 7.24. The van der Waals surface area contributed by atoms with Crippen molar-refractivity contribution in [3.63, 3.8) is 0 Å². The number of likely N-dealkylation sites (N-methyl/N-ethyl adjacent to an activating group) is 2. The number of rotatable bonds is 5. The lowest BCUT2D eigenvalue weighted by Gasteiger charge is -2.23. The number of carbonyl (C=O) groups excluding carboxylic acids is 2. The molecule has 0 radical (unpaired) electrons. The smallest absolute Gasteiger partial charge is 0.272 e. The SMILES string of the molecule is CCN(CC)C(=O)CN(C)C(=O)c1ccc(C#N)cn1. The molecule has 0 aromatic carbocycles. The van der Waals surface area contributed by atoms with Gasteiger partial charge in [-0.3, -0.25) is 9.59 Å². The molecule has 2 amide bonds. The van der Waals surface area contributed by atoms with Crippen molar-refractivity contribution >= 4 is 11.8 Å². The molecule has 1 aromatic heterocycles. The number of aromatic nitrogens is 1. The first-order valence-corrected chi connectivity index (χ1v) is 6.42. The van der Waals surface area contributed by atoms with E-state index in [0.29, 0.717) is 18.7 Å². The first-order chi connectivity index (χ1) is 9.53. The number of hydrogen-bond acceptors (Lipinski definition) is 4. The molecule has 0 saturated heterocycles. The summed E-state index contributed by atoms with van der Waals surface area (Å²) in [6, 6.07) is 4.95. The van der Waals surface area contributed by atoms with Crippen LogP contribution in [0.1, 0.15) is 29.9 Å². The highest BCUT2D eigenvalue weighted by atomic mass is 16.2. The molecule has 0 unspecified atom stereocenters. The van der Waals surface area contributed by atoms with Crippen molar-refractivity contribution in [1.29, 1.82) is 5.26 Å². The highest BCUT2D eigenvalue weighted by molar-refractivity contribution is 5.94. The predicted octanol–water partition coefficient (Wildman–Crippen LogP) is 0.894. The number of pyridine rings is 1. The Hall–Kier alpha value is -2.42. The van der Waals surface area contributed by atoms with E-state index >= 15 is 0 Å². The Balaban J connectivity index is 2.71. The van der Waals surface area contributed by atoms with Gasteiger partial charge >= 0.3 is 0 Å². The monoisotopic (exact) mass is 274 g/mol. The van der Waals surface area contributed by atoms with Gasteiger partial charge in [0.2, 0.25) is 5.91 Å². The van der Waals surface area contributed by atoms with Crippen LogP contribution in [0.25, 0.3) is 0 Å². The van der Waals surface area contributed by atoms with Crippen LogP contribution in [0.2, 0.25) is 0 Å². The van der Waals surface area contributed by atoms with Crippen molar-refractivity contribution in [3.05, 3.63) is 29.6 Å². The number of nitriles is 1. The number of amides is 2. The molecule has 0 spiro atoms. The highest BCUT2D eigenvalue weighted by Gasteiger charge is 2.18. The zero-order valence-corrected chi connectivity index (χ0v) is 12.0. The minimum atomic E-state index is -0.338. The Labute approximate surface area is 118 Å². The summed E-state index contributed by atoms with van der Waals surface area (Å²) in [5, 5.41) is 8.68. The fourth-order valence-electron chi connectivity index (χ4n) is 1.73. The van der Waals surface area contributed by atoms with E-state index in [-0.39, 0.29) is 24.1 Å². The maximum atomic E-state index is 12.1. The lowest BCUT2D eigenvalue weighted by atomic mass is 10.2. The Kier molecular flexibility index (Phi) is 5.66. The van der Waals surface area contributed by atoms with Crippen LogP contribution in [0, 0.1) is 11.3 Å². The second-order valence-corrected chi connectivity index (χ2v) is 4.27. The van der Waals surface area contributed by atoms with Crippen LogP contribution in [-0.2, 0) is 4.79 Å². The van der Waals surface area contributed by atoms with E-state index < -0.39 is 0 Å². The van der Waals surface area contributed by atoms with Crippen molar-refractivity contribution in [3.8, 4) is 6.07 Å². The molecule has 6 heteroatoms. The third kappa shape index (κ3) is 3.79. The Morgan fingerprint density at radius 3 is 2.40 bits per heavy atom. The van der Waals surface area contributed by atoms with E-state index in [2.05, 4.69) is 4.98 Å². The van der Waals surface area contributed by atoms with Crippen LogP contribution in [0.3, 0.4) is 0 Å². The zero-order chi connectivity index (χ0) is 15.1. The molecule has 0 saturated carbocycles. The van der Waals surface area contributed by atoms with E-state index in [1.165, 1.54) is 23.2 Å². The van der Waals surface area contributed by atoms with Crippen LogP contribution in [-0.4, -0.2) is 53.3 Å². The molecule has 20 heavy (non-hydrogen) atoms. The predicted molar refractivity (Wildman–Crippen MR) is 73.8 cm³/mol. The molecule has 0 N–H and O–H groups in total. The van der Waals surface area contributed by atoms with Gasteiger partial charge in [0.25, 0.3) is 5.91 Å². The van der Waals surface area contributed by atoms with Crippen LogP contribution in [0.4, 0.5) is 0 Å². The van der Waals surface area contributed by atoms with Crippen molar-refractivity contribution in [2.45, 2.75) is 13.8 Å². The van der Waals surface area contributed by atoms with Gasteiger partial charge in [-0.15, -0.1) is 0 Å². The van der Waals surface area contributed by atoms with Gasteiger partial charge in [-0.2, -0.15) is 5.26 Å². The highest BCUT2D eigenvalue weighted by Crippen LogP contribution is 2.03. The molecule has 1 rings (SSSR count). The van der Waals surface area contributed by atoms with Gasteiger partial charge in [0, 0.05) is 26.3 Å². The maximum absolute atomic E-state index is 12.1. The fourth-order valence-corrected chi connectivity index (χ4v) is 1.73. The molecule has 106 valence electrons. The molecule has 0 aliphatic carbocycles. The third-order valence-electron chi connectivity index (χ3n) is 2.95. The summed E-state index contributed by atoms with van der Waals surface area (Å²) in [5.41, 5.74) is 0.613. The number of carbonyl (C=O) groups is 2. The molecular formula is C14H18N4O2. The Bertz CT molecular complexity index is 515. The van der Waals surface area contributed by atoms with Crippen molar-refractivity contribution < 1.29 is 9.59 Å². The van der Waals surface area contributed by atoms with Crippen molar-refractivity contribution in [2.75, 3.05) is 26.7 Å². The first kappa shape index (κ1) is 15.6. The quantitative estimate of drug-likeness (QED) is 0.799. The summed E-state index contributed by atoms with van der Waals surface area (Å²) in [4.78, 5) is 30.9. The standard InChI is InChI=1S/C14H18N4O2/c1-4-18(5-2)13(19)10-17(3)14(20)12-7-6-11(8-15)9-16-12/h6-7,9H,4-5,10H2,1-3H3. The summed E-state index contributed by atoms with van der Waals surface area (Å²) in [5.74, 6) is -0.436. The Morgan fingerprint density at radius 1 is 1.30 bits per heavy atom. The number of nitrogens with zero attached hydrogens (tertiary/aromatic N) is 4. The first-order valence-electron chi connectivity index (χ1n) is 6.42. The molecule has 1 aromatic rings. The number of hydrogen-bond donors (Lipinski definition) is 0. The second-order valence-electron chi connectivity index (χ2n) is 4.27. The minimum absolute atomic E-state index is 0.0161. The fraction of sp³-hybridized carbons (Fsp3) is 0.429. The summed E-state index contributed by atoms with van der Waals surface area (Å²) >= 11 is 0. The summed E-state index contributed by atoms with van der Waals surface area (Å²) in [6.07, 6.45) is 1.34. The lowest BCUT2D eigenvalue weighted by Crippen LogP contribution is -2.41. The molecule has 0 atom stereocenters. The molecule has 0 aliphatic rings. The largest absolute Gasteiger partial charge is 0.342 e. The van der Waals surface area contributed by atoms with E-state index in [0.717, 1.165) is 0 Å². The topological polar surface area (TPSA) is 77.3 Å². The average molecular weight is 274 g/mol. The van der Waals surface area contributed by atoms with Crippen LogP contribution in [0.15, 0.2) is 18.3 Å². The van der Waals surface area contributed by atoms with Gasteiger partial charge < -0.3 is 9.80 Å². The van der Waals surface area contributed by atoms with Crippen molar-refractivity contribution in [2.24, 2.45) is 0 Å². The van der Waals surface area contributed by atoms with E-state index in [1.807, 2.05) is 19.9 Å². The van der Waals surface area contributed by atoms with Crippen LogP contribution < -0.4 is 0 Å². The van der Waals surface area contributed by atoms with Gasteiger partial charge in [-0.25, -0.2) is 4.98 Å². The minimum Gasteiger partial charge on any atom is -0.342 e. The summed E-state index contributed by atoms with van der Waals surface area (Å²) < 4.78 is 0. The van der Waals surface area contributed by atoms with Gasteiger partial charge in [0.05, 0.1) is 12.1 Å². The lowest BCUT2D eigenvalue weighted by molar-refractivity contribution is -0.131. The van der Waals surface area contributed by atoms with E-state index in [4.69, 9.17) is 5.26 Å². The zero-order valence-electron chi connectivity index (χ0n) is 12.0. The van der Waals surface area contributed by atoms with Gasteiger partial charge in [0.1, 0.15) is 11.8 Å². The third-order valence-corrected chi connectivity index (χ3v) is 2.95. The summed E-state index contributed by atoms with van der Waals surface area (Å²) in [6.45, 7) is 5.04. The van der Waals surface area contributed by atoms with Crippen LogP contribution >= 0.6 is 0 Å². The van der Waals surface area contributed by atoms with E-state index in [1.54, 1.807) is 11.9 Å². The molecule has 0 aliphatic heterocycles. The van der Waals surface area contributed by atoms with Crippen LogP contribution in [0.5, 0.6) is 0 Å². The molecule has 1 heterocycles. The molecule has 0 bridgehead atoms. The molecular weight excluding hydrogens is 256 g/mol. The molecule has 0 fully saturated rings. The maximum Gasteiger partial charge on any atom is 0.272 e. The Morgan fingerprint density at radius 2 is 1.95 bits per heavy atom. The van der Waals surface area contributed by atoms with Crippen molar-refractivity contribution in [1.82, 2.24) is 14.8 Å². The van der Waals surface area contributed by atoms with E-state index in [9.17, 15) is 9.59 Å². The molecule has 6 nitrogen and oxygen atoms in total. The van der Waals surface area contributed by atoms with Gasteiger partial charge in [-0.1, -0.05) is 0 Å². The summed E-state index contributed by atoms with van der Waals surface area (Å²) in [7, 11) is 1.56. The normalized spacial score (nSPS) is 9.70.